The summed E-state index contributed by atoms with van der Waals surface area (Å²) in [4.78, 5) is 26.3. The molecule has 5 rings (SSSR count). The zero-order chi connectivity index (χ0) is 26.6. The van der Waals surface area contributed by atoms with Gasteiger partial charge in [-0.25, -0.2) is 4.79 Å². The van der Waals surface area contributed by atoms with Crippen molar-refractivity contribution in [2.45, 2.75) is 6.54 Å². The van der Waals surface area contributed by atoms with Gasteiger partial charge in [0.2, 0.25) is 0 Å². The van der Waals surface area contributed by atoms with Gasteiger partial charge in [-0.3, -0.25) is 4.79 Å². The van der Waals surface area contributed by atoms with Crippen molar-refractivity contribution in [2.24, 2.45) is 0 Å². The molecule has 0 spiro atoms. The van der Waals surface area contributed by atoms with Crippen LogP contribution in [0.2, 0.25) is 0 Å². The molecule has 0 fully saturated rings. The molecule has 0 unspecified atom stereocenters. The number of carboxylic acid groups (broad SMARTS) is 1. The number of hydrogen-bond acceptors (Lipinski definition) is 4. The van der Waals surface area contributed by atoms with E-state index < -0.39 is 5.97 Å². The minimum Gasteiger partial charge on any atom is -0.508 e. The number of aromatic hydroxyl groups is 1. The van der Waals surface area contributed by atoms with Gasteiger partial charge in [-0.1, -0.05) is 54.6 Å². The maximum atomic E-state index is 13.1. The highest BCUT2D eigenvalue weighted by Crippen LogP contribution is 2.26. The Bertz CT molecular complexity index is 1640. The molecule has 0 aliphatic rings. The van der Waals surface area contributed by atoms with Crippen LogP contribution in [0.5, 0.6) is 5.75 Å². The molecule has 0 heterocycles. The van der Waals surface area contributed by atoms with Gasteiger partial charge in [-0.15, -0.1) is 0 Å². The van der Waals surface area contributed by atoms with E-state index in [4.69, 9.17) is 0 Å². The van der Waals surface area contributed by atoms with Crippen molar-refractivity contribution in [3.05, 3.63) is 126 Å². The standard InChI is InChI=1S/C32H26N2O4/c1-34(31(36)26-10-9-25-19-28(35)16-13-24(25)18-26)20-21-5-4-6-23(17-21)22-11-14-27(15-12-22)33-30-8-3-2-7-29(30)32(37)38/h2-19,33,35H,20H2,1H3,(H,37,38). The molecule has 3 N–H and O–H groups in total. The number of nitrogens with one attached hydrogen (secondary N) is 1. The minimum absolute atomic E-state index is 0.0811. The van der Waals surface area contributed by atoms with Crippen molar-refractivity contribution in [2.75, 3.05) is 12.4 Å². The number of phenolic OH excluding ortho intramolecular Hbond substituents is 1. The number of carboxylic acids is 1. The first kappa shape index (κ1) is 24.6. The van der Waals surface area contributed by atoms with E-state index in [0.717, 1.165) is 33.2 Å². The molecule has 0 saturated carbocycles. The van der Waals surface area contributed by atoms with Crippen molar-refractivity contribution in [3.63, 3.8) is 0 Å². The zero-order valence-electron chi connectivity index (χ0n) is 20.8. The Kier molecular flexibility index (Phi) is 6.78. The molecule has 0 saturated heterocycles. The quantitative estimate of drug-likeness (QED) is 0.225. The van der Waals surface area contributed by atoms with Gasteiger partial charge in [-0.2, -0.15) is 0 Å². The number of anilines is 2. The van der Waals surface area contributed by atoms with Gasteiger partial charge in [-0.05, 0) is 82.1 Å². The summed E-state index contributed by atoms with van der Waals surface area (Å²) in [6, 6.07) is 33.2. The lowest BCUT2D eigenvalue weighted by atomic mass is 10.0. The Hall–Kier alpha value is -5.10. The molecular formula is C32H26N2O4. The van der Waals surface area contributed by atoms with Gasteiger partial charge in [0, 0.05) is 24.8 Å². The van der Waals surface area contributed by atoms with Crippen LogP contribution in [0.3, 0.4) is 0 Å². The molecule has 0 radical (unpaired) electrons. The van der Waals surface area contributed by atoms with Gasteiger partial charge in [0.1, 0.15) is 5.75 Å². The smallest absolute Gasteiger partial charge is 0.337 e. The van der Waals surface area contributed by atoms with Crippen LogP contribution in [0.25, 0.3) is 21.9 Å². The third-order valence-electron chi connectivity index (χ3n) is 6.42. The fourth-order valence-corrected chi connectivity index (χ4v) is 4.46. The highest BCUT2D eigenvalue weighted by Gasteiger charge is 2.14. The molecule has 6 nitrogen and oxygen atoms in total. The maximum Gasteiger partial charge on any atom is 0.337 e. The van der Waals surface area contributed by atoms with E-state index in [1.807, 2.05) is 54.6 Å². The third kappa shape index (κ3) is 5.34. The monoisotopic (exact) mass is 502 g/mol. The predicted molar refractivity (Wildman–Crippen MR) is 150 cm³/mol. The van der Waals surface area contributed by atoms with Crippen LogP contribution < -0.4 is 5.32 Å². The SMILES string of the molecule is CN(Cc1cccc(-c2ccc(Nc3ccccc3C(=O)O)cc2)c1)C(=O)c1ccc2cc(O)ccc2c1. The van der Waals surface area contributed by atoms with E-state index in [1.54, 1.807) is 60.5 Å². The molecule has 38 heavy (non-hydrogen) atoms. The van der Waals surface area contributed by atoms with Crippen molar-refractivity contribution < 1.29 is 19.8 Å². The zero-order valence-corrected chi connectivity index (χ0v) is 20.8. The van der Waals surface area contributed by atoms with E-state index in [9.17, 15) is 19.8 Å². The molecule has 188 valence electrons. The molecule has 1 amide bonds. The summed E-state index contributed by atoms with van der Waals surface area (Å²) in [6.07, 6.45) is 0. The van der Waals surface area contributed by atoms with Crippen LogP contribution in [0.1, 0.15) is 26.3 Å². The van der Waals surface area contributed by atoms with Crippen LogP contribution in [-0.2, 0) is 6.54 Å². The van der Waals surface area contributed by atoms with Gasteiger partial charge in [0.05, 0.1) is 11.3 Å². The molecule has 5 aromatic carbocycles. The third-order valence-corrected chi connectivity index (χ3v) is 6.42. The lowest BCUT2D eigenvalue weighted by Crippen LogP contribution is -2.26. The fourth-order valence-electron chi connectivity index (χ4n) is 4.46. The van der Waals surface area contributed by atoms with Crippen molar-refractivity contribution in [1.82, 2.24) is 4.90 Å². The molecule has 6 heteroatoms. The summed E-state index contributed by atoms with van der Waals surface area (Å²) in [5.74, 6) is -0.865. The van der Waals surface area contributed by atoms with Crippen LogP contribution in [0.15, 0.2) is 109 Å². The number of para-hydroxylation sites is 1. The topological polar surface area (TPSA) is 89.9 Å². The number of benzene rings is 5. The Morgan fingerprint density at radius 1 is 0.763 bits per heavy atom. The van der Waals surface area contributed by atoms with Crippen LogP contribution >= 0.6 is 0 Å². The fraction of sp³-hybridized carbons (Fsp3) is 0.0625. The number of amides is 1. The molecule has 0 bridgehead atoms. The molecular weight excluding hydrogens is 476 g/mol. The van der Waals surface area contributed by atoms with Crippen LogP contribution in [-0.4, -0.2) is 34.0 Å². The number of carbonyl (C=O) groups excluding carboxylic acids is 1. The molecule has 0 aliphatic heterocycles. The van der Waals surface area contributed by atoms with E-state index in [1.165, 1.54) is 0 Å². The summed E-state index contributed by atoms with van der Waals surface area (Å²) >= 11 is 0. The normalized spacial score (nSPS) is 10.8. The number of carbonyl (C=O) groups is 2. The predicted octanol–water partition coefficient (Wildman–Crippen LogP) is 6.93. The minimum atomic E-state index is -0.981. The first-order valence-corrected chi connectivity index (χ1v) is 12.1. The van der Waals surface area contributed by atoms with Gasteiger partial charge in [0.25, 0.3) is 5.91 Å². The average molecular weight is 503 g/mol. The van der Waals surface area contributed by atoms with Crippen molar-refractivity contribution in [3.8, 4) is 16.9 Å². The van der Waals surface area contributed by atoms with Crippen LogP contribution in [0, 0.1) is 0 Å². The van der Waals surface area contributed by atoms with Crippen molar-refractivity contribution in [1.29, 1.82) is 0 Å². The van der Waals surface area contributed by atoms with E-state index >= 15 is 0 Å². The Morgan fingerprint density at radius 2 is 1.50 bits per heavy atom. The average Bonchev–Trinajstić information content (AvgIpc) is 2.93. The largest absolute Gasteiger partial charge is 0.508 e. The molecule has 0 aromatic heterocycles. The number of nitrogens with zero attached hydrogens (tertiary/aromatic N) is 1. The number of rotatable bonds is 7. The Balaban J connectivity index is 1.29. The number of aromatic carboxylic acids is 1. The first-order chi connectivity index (χ1) is 18.4. The van der Waals surface area contributed by atoms with Gasteiger partial charge < -0.3 is 20.4 Å². The number of fused-ring (bicyclic) bond motifs is 1. The number of phenols is 1. The highest BCUT2D eigenvalue weighted by molar-refractivity contribution is 5.98. The van der Waals surface area contributed by atoms with E-state index in [2.05, 4.69) is 11.4 Å². The Morgan fingerprint density at radius 3 is 2.29 bits per heavy atom. The van der Waals surface area contributed by atoms with E-state index in [-0.39, 0.29) is 17.2 Å². The summed E-state index contributed by atoms with van der Waals surface area (Å²) in [5, 5.41) is 24.0. The molecule has 0 aliphatic carbocycles. The summed E-state index contributed by atoms with van der Waals surface area (Å²) in [7, 11) is 1.78. The van der Waals surface area contributed by atoms with E-state index in [0.29, 0.717) is 17.8 Å². The summed E-state index contributed by atoms with van der Waals surface area (Å²) < 4.78 is 0. The second-order valence-electron chi connectivity index (χ2n) is 9.16. The summed E-state index contributed by atoms with van der Waals surface area (Å²) in [6.45, 7) is 0.450. The lowest BCUT2D eigenvalue weighted by Gasteiger charge is -2.18. The van der Waals surface area contributed by atoms with Crippen molar-refractivity contribution >= 4 is 34.0 Å². The number of hydrogen-bond donors (Lipinski definition) is 3. The second-order valence-corrected chi connectivity index (χ2v) is 9.16. The summed E-state index contributed by atoms with van der Waals surface area (Å²) in [5.41, 5.74) is 5.16. The molecule has 5 aromatic rings. The maximum absolute atomic E-state index is 13.1. The lowest BCUT2D eigenvalue weighted by molar-refractivity contribution is 0.0697. The molecule has 0 atom stereocenters. The Labute approximate surface area is 220 Å². The highest BCUT2D eigenvalue weighted by atomic mass is 16.4. The first-order valence-electron chi connectivity index (χ1n) is 12.1. The van der Waals surface area contributed by atoms with Gasteiger partial charge >= 0.3 is 5.97 Å². The van der Waals surface area contributed by atoms with Crippen LogP contribution in [0.4, 0.5) is 11.4 Å². The van der Waals surface area contributed by atoms with Gasteiger partial charge in [0.15, 0.2) is 0 Å². The second kappa shape index (κ2) is 10.5.